The molecular formula is C12H19ClN2O2. The van der Waals surface area contributed by atoms with E-state index in [1.54, 1.807) is 13.2 Å². The van der Waals surface area contributed by atoms with Crippen molar-refractivity contribution in [2.75, 3.05) is 20.3 Å². The summed E-state index contributed by atoms with van der Waals surface area (Å²) in [4.78, 5) is 0. The minimum atomic E-state index is -0.0623. The molecule has 0 bridgehead atoms. The van der Waals surface area contributed by atoms with Gasteiger partial charge in [-0.25, -0.2) is 0 Å². The van der Waals surface area contributed by atoms with E-state index in [9.17, 15) is 0 Å². The number of hydrogen-bond acceptors (Lipinski definition) is 4. The molecule has 1 aromatic rings. The van der Waals surface area contributed by atoms with Gasteiger partial charge in [0.1, 0.15) is 5.75 Å². The summed E-state index contributed by atoms with van der Waals surface area (Å²) < 4.78 is 10.6. The van der Waals surface area contributed by atoms with Crippen molar-refractivity contribution < 1.29 is 9.47 Å². The standard InChI is InChI=1S/C12H19ClN2O2/c1-3-6-17-8-11(15-14)9-4-5-10(13)12(7-9)16-2/h4-5,7,11,15H,3,6,8,14H2,1-2H3. The second kappa shape index (κ2) is 7.50. The van der Waals surface area contributed by atoms with Gasteiger partial charge < -0.3 is 9.47 Å². The van der Waals surface area contributed by atoms with Crippen LogP contribution in [0, 0.1) is 0 Å². The lowest BCUT2D eigenvalue weighted by molar-refractivity contribution is 0.112. The lowest BCUT2D eigenvalue weighted by atomic mass is 10.1. The molecule has 0 aliphatic carbocycles. The number of benzene rings is 1. The molecule has 0 spiro atoms. The van der Waals surface area contributed by atoms with Gasteiger partial charge in [-0.1, -0.05) is 24.6 Å². The molecule has 0 saturated carbocycles. The first kappa shape index (κ1) is 14.3. The van der Waals surface area contributed by atoms with E-state index in [2.05, 4.69) is 12.3 Å². The van der Waals surface area contributed by atoms with Gasteiger partial charge in [0.15, 0.2) is 0 Å². The van der Waals surface area contributed by atoms with Gasteiger partial charge in [0, 0.05) is 6.61 Å². The number of rotatable bonds is 7. The van der Waals surface area contributed by atoms with Crippen LogP contribution in [0.1, 0.15) is 24.9 Å². The molecule has 0 fully saturated rings. The smallest absolute Gasteiger partial charge is 0.137 e. The summed E-state index contributed by atoms with van der Waals surface area (Å²) >= 11 is 5.96. The number of hydrogen-bond donors (Lipinski definition) is 2. The molecular weight excluding hydrogens is 240 g/mol. The zero-order chi connectivity index (χ0) is 12.7. The van der Waals surface area contributed by atoms with E-state index in [1.165, 1.54) is 0 Å². The maximum absolute atomic E-state index is 5.96. The van der Waals surface area contributed by atoms with Crippen molar-refractivity contribution in [2.24, 2.45) is 5.84 Å². The Kier molecular flexibility index (Phi) is 6.29. The Hall–Kier alpha value is -0.810. The monoisotopic (exact) mass is 258 g/mol. The van der Waals surface area contributed by atoms with Gasteiger partial charge in [0.25, 0.3) is 0 Å². The first-order chi connectivity index (χ1) is 8.22. The Balaban J connectivity index is 2.73. The number of hydrazine groups is 1. The van der Waals surface area contributed by atoms with E-state index < -0.39 is 0 Å². The second-order valence-corrected chi connectivity index (χ2v) is 4.10. The van der Waals surface area contributed by atoms with Gasteiger partial charge >= 0.3 is 0 Å². The van der Waals surface area contributed by atoms with E-state index >= 15 is 0 Å². The third-order valence-electron chi connectivity index (χ3n) is 2.41. The van der Waals surface area contributed by atoms with Gasteiger partial charge in [0.05, 0.1) is 24.8 Å². The Morgan fingerprint density at radius 3 is 2.82 bits per heavy atom. The summed E-state index contributed by atoms with van der Waals surface area (Å²) in [6.07, 6.45) is 0.987. The van der Waals surface area contributed by atoms with Crippen LogP contribution in [0.3, 0.4) is 0 Å². The molecule has 0 radical (unpaired) electrons. The molecule has 0 amide bonds. The highest BCUT2D eigenvalue weighted by atomic mass is 35.5. The summed E-state index contributed by atoms with van der Waals surface area (Å²) in [6.45, 7) is 3.31. The summed E-state index contributed by atoms with van der Waals surface area (Å²) in [5, 5.41) is 0.585. The number of halogens is 1. The Labute approximate surface area is 107 Å². The number of ether oxygens (including phenoxy) is 2. The SMILES string of the molecule is CCCOCC(NN)c1ccc(Cl)c(OC)c1. The lowest BCUT2D eigenvalue weighted by Crippen LogP contribution is -2.31. The van der Waals surface area contributed by atoms with Crippen molar-refractivity contribution in [1.82, 2.24) is 5.43 Å². The molecule has 0 aliphatic rings. The van der Waals surface area contributed by atoms with Crippen LogP contribution in [0.25, 0.3) is 0 Å². The molecule has 1 unspecified atom stereocenters. The quantitative estimate of drug-likeness (QED) is 0.448. The molecule has 5 heteroatoms. The average Bonchev–Trinajstić information content (AvgIpc) is 2.36. The summed E-state index contributed by atoms with van der Waals surface area (Å²) in [6, 6.07) is 5.50. The highest BCUT2D eigenvalue weighted by Crippen LogP contribution is 2.27. The third-order valence-corrected chi connectivity index (χ3v) is 2.72. The molecule has 1 aromatic carbocycles. The second-order valence-electron chi connectivity index (χ2n) is 3.69. The van der Waals surface area contributed by atoms with Crippen molar-refractivity contribution in [3.8, 4) is 5.75 Å². The van der Waals surface area contributed by atoms with Crippen LogP contribution in [0.4, 0.5) is 0 Å². The maximum atomic E-state index is 5.96. The summed E-state index contributed by atoms with van der Waals surface area (Å²) in [7, 11) is 1.59. The van der Waals surface area contributed by atoms with Crippen LogP contribution in [-0.4, -0.2) is 20.3 Å². The van der Waals surface area contributed by atoms with Crippen LogP contribution < -0.4 is 16.0 Å². The molecule has 96 valence electrons. The average molecular weight is 259 g/mol. The highest BCUT2D eigenvalue weighted by molar-refractivity contribution is 6.32. The van der Waals surface area contributed by atoms with Gasteiger partial charge in [-0.05, 0) is 24.1 Å². The zero-order valence-corrected chi connectivity index (χ0v) is 11.0. The van der Waals surface area contributed by atoms with Crippen LogP contribution in [-0.2, 0) is 4.74 Å². The normalized spacial score (nSPS) is 12.5. The van der Waals surface area contributed by atoms with Crippen molar-refractivity contribution >= 4 is 11.6 Å². The predicted octanol–water partition coefficient (Wildman–Crippen LogP) is 2.28. The molecule has 0 heterocycles. The maximum Gasteiger partial charge on any atom is 0.137 e. The van der Waals surface area contributed by atoms with E-state index in [0.717, 1.165) is 18.6 Å². The fourth-order valence-electron chi connectivity index (χ4n) is 1.48. The first-order valence-corrected chi connectivity index (χ1v) is 5.98. The van der Waals surface area contributed by atoms with Crippen molar-refractivity contribution in [2.45, 2.75) is 19.4 Å². The van der Waals surface area contributed by atoms with Gasteiger partial charge in [-0.3, -0.25) is 11.3 Å². The number of nitrogens with one attached hydrogen (secondary N) is 1. The topological polar surface area (TPSA) is 56.5 Å². The fourth-order valence-corrected chi connectivity index (χ4v) is 1.67. The Morgan fingerprint density at radius 2 is 2.24 bits per heavy atom. The molecule has 0 saturated heterocycles. The minimum Gasteiger partial charge on any atom is -0.495 e. The molecule has 4 nitrogen and oxygen atoms in total. The number of methoxy groups -OCH3 is 1. The largest absolute Gasteiger partial charge is 0.495 e. The van der Waals surface area contributed by atoms with Gasteiger partial charge in [-0.15, -0.1) is 0 Å². The molecule has 0 aliphatic heterocycles. The van der Waals surface area contributed by atoms with E-state index in [0.29, 0.717) is 17.4 Å². The molecule has 0 aromatic heterocycles. The summed E-state index contributed by atoms with van der Waals surface area (Å²) in [5.74, 6) is 6.15. The van der Waals surface area contributed by atoms with Crippen molar-refractivity contribution in [3.05, 3.63) is 28.8 Å². The lowest BCUT2D eigenvalue weighted by Gasteiger charge is -2.17. The molecule has 1 atom stereocenters. The van der Waals surface area contributed by atoms with Crippen molar-refractivity contribution in [1.29, 1.82) is 0 Å². The molecule has 1 rings (SSSR count). The van der Waals surface area contributed by atoms with Crippen molar-refractivity contribution in [3.63, 3.8) is 0 Å². The highest BCUT2D eigenvalue weighted by Gasteiger charge is 2.12. The van der Waals surface area contributed by atoms with Gasteiger partial charge in [0.2, 0.25) is 0 Å². The van der Waals surface area contributed by atoms with E-state index in [-0.39, 0.29) is 6.04 Å². The summed E-state index contributed by atoms with van der Waals surface area (Å²) in [5.41, 5.74) is 3.71. The van der Waals surface area contributed by atoms with Crippen LogP contribution in [0.5, 0.6) is 5.75 Å². The van der Waals surface area contributed by atoms with Crippen LogP contribution >= 0.6 is 11.6 Å². The van der Waals surface area contributed by atoms with E-state index in [1.807, 2.05) is 12.1 Å². The molecule has 3 N–H and O–H groups in total. The number of nitrogens with two attached hydrogens (primary N) is 1. The fraction of sp³-hybridized carbons (Fsp3) is 0.500. The predicted molar refractivity (Wildman–Crippen MR) is 69.2 cm³/mol. The minimum absolute atomic E-state index is 0.0623. The Bertz CT molecular complexity index is 347. The van der Waals surface area contributed by atoms with E-state index in [4.69, 9.17) is 26.9 Å². The zero-order valence-electron chi connectivity index (χ0n) is 10.2. The molecule has 17 heavy (non-hydrogen) atoms. The Morgan fingerprint density at radius 1 is 1.47 bits per heavy atom. The van der Waals surface area contributed by atoms with Gasteiger partial charge in [-0.2, -0.15) is 0 Å². The third kappa shape index (κ3) is 4.16. The van der Waals surface area contributed by atoms with Crippen LogP contribution in [0.15, 0.2) is 18.2 Å². The van der Waals surface area contributed by atoms with Crippen LogP contribution in [0.2, 0.25) is 5.02 Å². The first-order valence-electron chi connectivity index (χ1n) is 5.60.